The maximum atomic E-state index is 14.2. The van der Waals surface area contributed by atoms with E-state index in [4.69, 9.17) is 16.2 Å². The molecule has 2 aromatic heterocycles. The number of primary amides is 1. The summed E-state index contributed by atoms with van der Waals surface area (Å²) in [4.78, 5) is 16.2. The van der Waals surface area contributed by atoms with Gasteiger partial charge in [0.15, 0.2) is 0 Å². The minimum atomic E-state index is -5.15. The van der Waals surface area contributed by atoms with E-state index in [1.54, 1.807) is 6.07 Å². The van der Waals surface area contributed by atoms with E-state index in [9.17, 15) is 27.5 Å². The molecule has 0 bridgehead atoms. The maximum Gasteiger partial charge on any atom is 0.424 e. The Morgan fingerprint density at radius 1 is 1.39 bits per heavy atom. The molecule has 31 heavy (non-hydrogen) atoms. The van der Waals surface area contributed by atoms with Gasteiger partial charge in [-0.15, -0.1) is 11.3 Å². The van der Waals surface area contributed by atoms with Crippen molar-refractivity contribution in [2.75, 3.05) is 13.2 Å². The highest BCUT2D eigenvalue weighted by atomic mass is 32.1. The molecule has 5 N–H and O–H groups in total. The van der Waals surface area contributed by atoms with Gasteiger partial charge in [-0.05, 0) is 19.1 Å². The quantitative estimate of drug-likeness (QED) is 0.524. The van der Waals surface area contributed by atoms with Crippen LogP contribution in [-0.2, 0) is 15.8 Å². The van der Waals surface area contributed by atoms with Crippen LogP contribution in [0.5, 0.6) is 5.75 Å². The molecule has 0 spiro atoms. The third kappa shape index (κ3) is 2.99. The number of hydrogen-bond acceptors (Lipinski definition) is 6. The van der Waals surface area contributed by atoms with Crippen LogP contribution in [0.15, 0.2) is 29.6 Å². The second-order valence-corrected chi connectivity index (χ2v) is 8.43. The van der Waals surface area contributed by atoms with Gasteiger partial charge in [0, 0.05) is 28.4 Å². The fraction of sp³-hybridized carbons (Fsp3) is 0.300. The lowest BCUT2D eigenvalue weighted by Gasteiger charge is -2.30. The van der Waals surface area contributed by atoms with Crippen LogP contribution >= 0.6 is 11.3 Å². The van der Waals surface area contributed by atoms with E-state index in [2.05, 4.69) is 4.98 Å². The van der Waals surface area contributed by atoms with E-state index in [1.807, 2.05) is 0 Å². The van der Waals surface area contributed by atoms with Crippen molar-refractivity contribution in [1.82, 2.24) is 4.98 Å². The summed E-state index contributed by atoms with van der Waals surface area (Å²) in [6.45, 7) is 0.00337. The molecule has 1 unspecified atom stereocenters. The molecule has 11 heteroatoms. The third-order valence-corrected chi connectivity index (χ3v) is 6.62. The minimum absolute atomic E-state index is 0.0480. The number of halogens is 4. The average molecular weight is 455 g/mol. The average Bonchev–Trinajstić information content (AvgIpc) is 3.29. The van der Waals surface area contributed by atoms with Crippen molar-refractivity contribution in [1.29, 1.82) is 0 Å². The van der Waals surface area contributed by atoms with Gasteiger partial charge in [0.05, 0.1) is 10.4 Å². The summed E-state index contributed by atoms with van der Waals surface area (Å²) in [5.41, 5.74) is 5.35. The predicted octanol–water partition coefficient (Wildman–Crippen LogP) is 2.95. The molecule has 1 aliphatic rings. The number of fused-ring (bicyclic) bond motifs is 2. The second kappa shape index (κ2) is 6.87. The molecular formula is C20H17F4N3O3S. The molecule has 1 aliphatic heterocycles. The lowest BCUT2D eigenvalue weighted by molar-refractivity contribution is -0.263. The van der Waals surface area contributed by atoms with Crippen molar-refractivity contribution < 1.29 is 32.2 Å². The number of alkyl halides is 3. The zero-order valence-corrected chi connectivity index (χ0v) is 16.9. The van der Waals surface area contributed by atoms with Gasteiger partial charge in [0.1, 0.15) is 29.3 Å². The molecule has 0 fully saturated rings. The first-order valence-electron chi connectivity index (χ1n) is 9.08. The zero-order chi connectivity index (χ0) is 22.8. The van der Waals surface area contributed by atoms with Gasteiger partial charge in [-0.25, -0.2) is 9.37 Å². The molecule has 1 aromatic carbocycles. The van der Waals surface area contributed by atoms with Crippen LogP contribution in [0, 0.1) is 5.82 Å². The molecule has 0 aliphatic carbocycles. The zero-order valence-electron chi connectivity index (χ0n) is 16.1. The SMILES string of the molecule is C[C@]1(C(N)=O)COc2c1cc(C(O)(CN)C(F)(F)F)nc2-c1csc2c(F)cccc12. The number of nitrogens with two attached hydrogens (primary N) is 2. The van der Waals surface area contributed by atoms with Crippen molar-refractivity contribution in [2.45, 2.75) is 24.1 Å². The van der Waals surface area contributed by atoms with Gasteiger partial charge in [-0.1, -0.05) is 12.1 Å². The van der Waals surface area contributed by atoms with Crippen molar-refractivity contribution in [2.24, 2.45) is 11.5 Å². The predicted molar refractivity (Wildman–Crippen MR) is 106 cm³/mol. The molecule has 0 saturated heterocycles. The number of ether oxygens (including phenoxy) is 1. The molecule has 1 amide bonds. The Morgan fingerprint density at radius 2 is 2.10 bits per heavy atom. The van der Waals surface area contributed by atoms with Crippen LogP contribution in [-0.4, -0.2) is 35.3 Å². The Kier molecular flexibility index (Phi) is 4.76. The smallest absolute Gasteiger partial charge is 0.424 e. The summed E-state index contributed by atoms with van der Waals surface area (Å²) in [5, 5.41) is 12.3. The number of carbonyl (C=O) groups excluding carboxylic acids is 1. The highest BCUT2D eigenvalue weighted by molar-refractivity contribution is 7.17. The maximum absolute atomic E-state index is 14.2. The van der Waals surface area contributed by atoms with Crippen LogP contribution in [0.1, 0.15) is 18.2 Å². The monoisotopic (exact) mass is 455 g/mol. The number of pyridine rings is 1. The van der Waals surface area contributed by atoms with Gasteiger partial charge >= 0.3 is 6.18 Å². The Labute approximate surface area is 177 Å². The van der Waals surface area contributed by atoms with Crippen LogP contribution < -0.4 is 16.2 Å². The number of carbonyl (C=O) groups is 1. The number of benzene rings is 1. The van der Waals surface area contributed by atoms with Gasteiger partial charge in [-0.3, -0.25) is 4.79 Å². The minimum Gasteiger partial charge on any atom is -0.489 e. The highest BCUT2D eigenvalue weighted by Gasteiger charge is 2.56. The van der Waals surface area contributed by atoms with E-state index >= 15 is 0 Å². The molecule has 3 heterocycles. The number of aromatic nitrogens is 1. The molecule has 0 saturated carbocycles. The Bertz CT molecular complexity index is 1210. The summed E-state index contributed by atoms with van der Waals surface area (Å²) >= 11 is 1.04. The Balaban J connectivity index is 2.08. The molecule has 164 valence electrons. The first kappa shape index (κ1) is 21.5. The Morgan fingerprint density at radius 3 is 2.71 bits per heavy atom. The van der Waals surface area contributed by atoms with Gasteiger partial charge in [-0.2, -0.15) is 13.2 Å². The van der Waals surface area contributed by atoms with E-state index in [-0.39, 0.29) is 28.3 Å². The van der Waals surface area contributed by atoms with Crippen molar-refractivity contribution in [3.05, 3.63) is 46.7 Å². The van der Waals surface area contributed by atoms with Gasteiger partial charge in [0.25, 0.3) is 0 Å². The normalized spacial score (nSPS) is 20.4. The standard InChI is InChI=1S/C20H17F4N3O3S/c1-18(17(26)28)8-30-15-11(18)5-13(19(29,7-25)20(22,23)24)27-14(15)10-6-31-16-9(10)3-2-4-12(16)21/h2-6,29H,7-8,25H2,1H3,(H2,26,28)/t18-,19?/m0/s1. The number of thiophene rings is 1. The fourth-order valence-electron chi connectivity index (χ4n) is 3.55. The molecule has 2 atom stereocenters. The highest BCUT2D eigenvalue weighted by Crippen LogP contribution is 2.49. The fourth-order valence-corrected chi connectivity index (χ4v) is 4.51. The number of rotatable bonds is 4. The van der Waals surface area contributed by atoms with Crippen LogP contribution in [0.25, 0.3) is 21.3 Å². The first-order chi connectivity index (χ1) is 14.4. The van der Waals surface area contributed by atoms with Gasteiger partial charge < -0.3 is 21.3 Å². The number of nitrogens with zero attached hydrogens (tertiary/aromatic N) is 1. The van der Waals surface area contributed by atoms with Crippen LogP contribution in [0.4, 0.5) is 17.6 Å². The second-order valence-electron chi connectivity index (χ2n) is 7.55. The number of aliphatic hydroxyl groups is 1. The molecule has 0 radical (unpaired) electrons. The molecule has 6 nitrogen and oxygen atoms in total. The lowest BCUT2D eigenvalue weighted by atomic mass is 9.82. The van der Waals surface area contributed by atoms with Crippen molar-refractivity contribution in [3.63, 3.8) is 0 Å². The van der Waals surface area contributed by atoms with E-state index < -0.39 is 41.2 Å². The summed E-state index contributed by atoms with van der Waals surface area (Å²) in [6.07, 6.45) is -5.15. The van der Waals surface area contributed by atoms with Crippen molar-refractivity contribution >= 4 is 27.3 Å². The van der Waals surface area contributed by atoms with E-state index in [0.29, 0.717) is 10.9 Å². The summed E-state index contributed by atoms with van der Waals surface area (Å²) < 4.78 is 61.3. The van der Waals surface area contributed by atoms with Gasteiger partial charge in [0.2, 0.25) is 11.5 Å². The van der Waals surface area contributed by atoms with Crippen LogP contribution in [0.3, 0.4) is 0 Å². The number of hydrogen-bond donors (Lipinski definition) is 3. The van der Waals surface area contributed by atoms with Crippen molar-refractivity contribution in [3.8, 4) is 17.0 Å². The summed E-state index contributed by atoms with van der Waals surface area (Å²) in [5.74, 6) is -1.27. The van der Waals surface area contributed by atoms with E-state index in [1.165, 1.54) is 24.4 Å². The first-order valence-corrected chi connectivity index (χ1v) is 9.96. The molecule has 4 rings (SSSR count). The Hall–Kier alpha value is -2.76. The summed E-state index contributed by atoms with van der Waals surface area (Å²) in [7, 11) is 0. The molecule has 3 aromatic rings. The number of amides is 1. The largest absolute Gasteiger partial charge is 0.489 e. The lowest BCUT2D eigenvalue weighted by Crippen LogP contribution is -2.49. The third-order valence-electron chi connectivity index (χ3n) is 5.61. The van der Waals surface area contributed by atoms with Crippen LogP contribution in [0.2, 0.25) is 0 Å². The summed E-state index contributed by atoms with van der Waals surface area (Å²) in [6, 6.07) is 5.25. The molecular weight excluding hydrogens is 438 g/mol. The topological polar surface area (TPSA) is 111 Å². The van der Waals surface area contributed by atoms with E-state index in [0.717, 1.165) is 17.4 Å².